The van der Waals surface area contributed by atoms with Gasteiger partial charge in [0, 0.05) is 19.8 Å². The predicted octanol–water partition coefficient (Wildman–Crippen LogP) is 3.14. The quantitative estimate of drug-likeness (QED) is 0.596. The molecule has 0 unspecified atom stereocenters. The van der Waals surface area contributed by atoms with Gasteiger partial charge in [-0.15, -0.1) is 0 Å². The third-order valence-corrected chi connectivity index (χ3v) is 1.90. The SMILES string of the molecule is C=C/C(=C\C=C(/C)C(=C)C)N(C)C. The normalized spacial score (nSPS) is 12.6. The van der Waals surface area contributed by atoms with Gasteiger partial charge in [-0.3, -0.25) is 0 Å². The lowest BCUT2D eigenvalue weighted by Gasteiger charge is -2.12. The molecule has 0 atom stereocenters. The maximum Gasteiger partial charge on any atom is 0.0355 e. The molecule has 0 aromatic carbocycles. The Balaban J connectivity index is 4.64. The summed E-state index contributed by atoms with van der Waals surface area (Å²) >= 11 is 0. The van der Waals surface area contributed by atoms with Gasteiger partial charge in [-0.2, -0.15) is 0 Å². The maximum atomic E-state index is 3.87. The van der Waals surface area contributed by atoms with E-state index in [9.17, 15) is 0 Å². The Morgan fingerprint density at radius 2 is 1.69 bits per heavy atom. The van der Waals surface area contributed by atoms with Gasteiger partial charge in [0.1, 0.15) is 0 Å². The molecule has 1 heteroatoms. The Bertz CT molecular complexity index is 254. The Labute approximate surface area is 81.8 Å². The monoisotopic (exact) mass is 177 g/mol. The van der Waals surface area contributed by atoms with Crippen LogP contribution in [0.1, 0.15) is 13.8 Å². The predicted molar refractivity (Wildman–Crippen MR) is 60.5 cm³/mol. The first kappa shape index (κ1) is 11.8. The fourth-order valence-electron chi connectivity index (χ4n) is 0.752. The minimum absolute atomic E-state index is 1.10. The molecule has 0 radical (unpaired) electrons. The highest BCUT2D eigenvalue weighted by Crippen LogP contribution is 2.07. The van der Waals surface area contributed by atoms with Crippen LogP contribution in [0.15, 0.2) is 48.2 Å². The molecule has 0 aliphatic heterocycles. The first-order chi connectivity index (χ1) is 5.99. The Hall–Kier alpha value is -1.24. The Morgan fingerprint density at radius 1 is 1.15 bits per heavy atom. The molecule has 72 valence electrons. The van der Waals surface area contributed by atoms with Crippen molar-refractivity contribution in [1.82, 2.24) is 4.90 Å². The minimum Gasteiger partial charge on any atom is -0.378 e. The summed E-state index contributed by atoms with van der Waals surface area (Å²) in [7, 11) is 3.99. The van der Waals surface area contributed by atoms with Crippen LogP contribution in [-0.4, -0.2) is 19.0 Å². The van der Waals surface area contributed by atoms with Crippen LogP contribution in [0.4, 0.5) is 0 Å². The molecule has 0 N–H and O–H groups in total. The summed E-state index contributed by atoms with van der Waals surface area (Å²) in [4.78, 5) is 2.02. The molecule has 0 aromatic heterocycles. The molecule has 0 aliphatic carbocycles. The van der Waals surface area contributed by atoms with E-state index >= 15 is 0 Å². The van der Waals surface area contributed by atoms with Crippen molar-refractivity contribution in [3.63, 3.8) is 0 Å². The highest BCUT2D eigenvalue weighted by Gasteiger charge is 1.91. The topological polar surface area (TPSA) is 3.24 Å². The van der Waals surface area contributed by atoms with Gasteiger partial charge in [-0.25, -0.2) is 0 Å². The van der Waals surface area contributed by atoms with Crippen LogP contribution in [0.3, 0.4) is 0 Å². The molecule has 0 fully saturated rings. The molecule has 0 aliphatic rings. The van der Waals surface area contributed by atoms with Crippen LogP contribution in [0.25, 0.3) is 0 Å². The summed E-state index contributed by atoms with van der Waals surface area (Å²) in [5.74, 6) is 0. The molecule has 1 nitrogen and oxygen atoms in total. The molecule has 0 rings (SSSR count). The fourth-order valence-corrected chi connectivity index (χ4v) is 0.752. The Morgan fingerprint density at radius 3 is 2.00 bits per heavy atom. The van der Waals surface area contributed by atoms with Crippen LogP contribution >= 0.6 is 0 Å². The average Bonchev–Trinajstić information content (AvgIpc) is 2.04. The van der Waals surface area contributed by atoms with E-state index in [4.69, 9.17) is 0 Å². The van der Waals surface area contributed by atoms with Crippen molar-refractivity contribution in [3.8, 4) is 0 Å². The minimum atomic E-state index is 1.10. The number of nitrogens with zero attached hydrogens (tertiary/aromatic N) is 1. The van der Waals surface area contributed by atoms with Gasteiger partial charge >= 0.3 is 0 Å². The van der Waals surface area contributed by atoms with Crippen molar-refractivity contribution < 1.29 is 0 Å². The van der Waals surface area contributed by atoms with Crippen molar-refractivity contribution in [2.24, 2.45) is 0 Å². The van der Waals surface area contributed by atoms with Crippen LogP contribution in [0.2, 0.25) is 0 Å². The highest BCUT2D eigenvalue weighted by atomic mass is 15.1. The summed E-state index contributed by atoms with van der Waals surface area (Å²) in [6.07, 6.45) is 5.93. The highest BCUT2D eigenvalue weighted by molar-refractivity contribution is 5.31. The van der Waals surface area contributed by atoms with Crippen molar-refractivity contribution in [2.45, 2.75) is 13.8 Å². The van der Waals surface area contributed by atoms with Gasteiger partial charge in [-0.05, 0) is 31.6 Å². The second-order valence-electron chi connectivity index (χ2n) is 3.32. The van der Waals surface area contributed by atoms with Crippen molar-refractivity contribution in [2.75, 3.05) is 14.1 Å². The van der Waals surface area contributed by atoms with E-state index in [0.717, 1.165) is 11.3 Å². The largest absolute Gasteiger partial charge is 0.378 e. The average molecular weight is 177 g/mol. The molecule has 0 amide bonds. The fraction of sp³-hybridized carbons (Fsp3) is 0.333. The van der Waals surface area contributed by atoms with Crippen LogP contribution in [0, 0.1) is 0 Å². The van der Waals surface area contributed by atoms with E-state index in [-0.39, 0.29) is 0 Å². The van der Waals surface area contributed by atoms with Gasteiger partial charge < -0.3 is 4.90 Å². The molecular weight excluding hydrogens is 158 g/mol. The number of hydrogen-bond acceptors (Lipinski definition) is 1. The summed E-state index contributed by atoms with van der Waals surface area (Å²) in [6, 6.07) is 0. The number of allylic oxidation sites excluding steroid dienone is 5. The van der Waals surface area contributed by atoms with E-state index < -0.39 is 0 Å². The maximum absolute atomic E-state index is 3.87. The van der Waals surface area contributed by atoms with Gasteiger partial charge in [0.25, 0.3) is 0 Å². The molecule has 0 aromatic rings. The number of hydrogen-bond donors (Lipinski definition) is 0. The molecule has 0 saturated carbocycles. The zero-order valence-corrected chi connectivity index (χ0v) is 9.09. The van der Waals surface area contributed by atoms with Crippen LogP contribution in [-0.2, 0) is 0 Å². The van der Waals surface area contributed by atoms with Crippen LogP contribution < -0.4 is 0 Å². The first-order valence-electron chi connectivity index (χ1n) is 4.33. The van der Waals surface area contributed by atoms with Gasteiger partial charge in [0.2, 0.25) is 0 Å². The second kappa shape index (κ2) is 5.41. The first-order valence-corrected chi connectivity index (χ1v) is 4.33. The standard InChI is InChI=1S/C12H19N/c1-7-12(13(5)6)9-8-11(4)10(2)3/h7-9H,1-2H2,3-6H3/b11-8+,12-9+. The lowest BCUT2D eigenvalue weighted by atomic mass is 10.1. The summed E-state index contributed by atoms with van der Waals surface area (Å²) in [6.45, 7) is 11.7. The smallest absolute Gasteiger partial charge is 0.0355 e. The number of rotatable bonds is 4. The molecule has 0 bridgehead atoms. The molecule has 0 saturated heterocycles. The van der Waals surface area contributed by atoms with E-state index in [1.165, 1.54) is 5.57 Å². The molecule has 0 spiro atoms. The van der Waals surface area contributed by atoms with Crippen molar-refractivity contribution in [1.29, 1.82) is 0 Å². The lowest BCUT2D eigenvalue weighted by molar-refractivity contribution is 0.530. The summed E-state index contributed by atoms with van der Waals surface area (Å²) in [5, 5.41) is 0. The third kappa shape index (κ3) is 4.36. The van der Waals surface area contributed by atoms with Crippen molar-refractivity contribution >= 4 is 0 Å². The second-order valence-corrected chi connectivity index (χ2v) is 3.32. The molecular formula is C12H19N. The van der Waals surface area contributed by atoms with Gasteiger partial charge in [0.15, 0.2) is 0 Å². The third-order valence-electron chi connectivity index (χ3n) is 1.90. The zero-order valence-electron chi connectivity index (χ0n) is 9.09. The van der Waals surface area contributed by atoms with E-state index in [1.807, 2.05) is 38.1 Å². The van der Waals surface area contributed by atoms with E-state index in [0.29, 0.717) is 0 Å². The van der Waals surface area contributed by atoms with Crippen molar-refractivity contribution in [3.05, 3.63) is 48.2 Å². The van der Waals surface area contributed by atoms with Gasteiger partial charge in [0.05, 0.1) is 0 Å². The molecule has 13 heavy (non-hydrogen) atoms. The van der Waals surface area contributed by atoms with Gasteiger partial charge in [-0.1, -0.05) is 24.8 Å². The van der Waals surface area contributed by atoms with E-state index in [1.54, 1.807) is 0 Å². The number of likely N-dealkylation sites (N-methyl/N-ethyl adjacent to an activating group) is 1. The van der Waals surface area contributed by atoms with Crippen LogP contribution in [0.5, 0.6) is 0 Å². The summed E-state index contributed by atoms with van der Waals surface area (Å²) in [5.41, 5.74) is 3.39. The Kier molecular flexibility index (Phi) is 4.90. The van der Waals surface area contributed by atoms with E-state index in [2.05, 4.69) is 26.2 Å². The zero-order chi connectivity index (χ0) is 10.4. The molecule has 0 heterocycles. The lowest BCUT2D eigenvalue weighted by Crippen LogP contribution is -2.08. The summed E-state index contributed by atoms with van der Waals surface area (Å²) < 4.78 is 0.